The predicted molar refractivity (Wildman–Crippen MR) is 48.4 cm³/mol. The third kappa shape index (κ3) is 2.22. The second-order valence-corrected chi connectivity index (χ2v) is 3.81. The van der Waals surface area contributed by atoms with Crippen LogP contribution in [0.3, 0.4) is 0 Å². The maximum atomic E-state index is 4.04. The number of likely N-dealkylation sites (tertiary alicyclic amines) is 1. The fourth-order valence-electron chi connectivity index (χ4n) is 1.42. The van der Waals surface area contributed by atoms with Crippen molar-refractivity contribution in [2.45, 2.75) is 6.92 Å². The first kappa shape index (κ1) is 8.60. The number of hydrogen-bond acceptors (Lipinski definition) is 2. The first-order valence-electron chi connectivity index (χ1n) is 4.17. The van der Waals surface area contributed by atoms with Crippen LogP contribution < -0.4 is 0 Å². The van der Waals surface area contributed by atoms with E-state index in [0.29, 0.717) is 0 Å². The molecule has 1 fully saturated rings. The number of likely N-dealkylation sites (N-methyl/N-ethyl adjacent to an activating group) is 1. The molecule has 64 valence electrons. The van der Waals surface area contributed by atoms with E-state index in [9.17, 15) is 0 Å². The lowest BCUT2D eigenvalue weighted by molar-refractivity contribution is 0.147. The minimum atomic E-state index is 0.869. The molecule has 0 aromatic carbocycles. The summed E-state index contributed by atoms with van der Waals surface area (Å²) in [4.78, 5) is 4.51. The van der Waals surface area contributed by atoms with Gasteiger partial charge in [0.15, 0.2) is 0 Å². The number of nitrogens with zero attached hydrogens (tertiary/aromatic N) is 2. The molecule has 0 unspecified atom stereocenters. The quantitative estimate of drug-likeness (QED) is 0.598. The Morgan fingerprint density at radius 1 is 1.55 bits per heavy atom. The minimum Gasteiger partial charge on any atom is -0.374 e. The third-order valence-electron chi connectivity index (χ3n) is 2.01. The first-order valence-corrected chi connectivity index (χ1v) is 4.17. The van der Waals surface area contributed by atoms with E-state index in [1.165, 1.54) is 18.8 Å². The van der Waals surface area contributed by atoms with Crippen molar-refractivity contribution >= 4 is 0 Å². The molecule has 0 radical (unpaired) electrons. The number of hydrogen-bond donors (Lipinski definition) is 0. The monoisotopic (exact) mass is 154 g/mol. The second-order valence-electron chi connectivity index (χ2n) is 3.81. The van der Waals surface area contributed by atoms with Crippen LogP contribution in [0.4, 0.5) is 0 Å². The molecule has 0 bridgehead atoms. The fourth-order valence-corrected chi connectivity index (χ4v) is 1.42. The lowest BCUT2D eigenvalue weighted by Gasteiger charge is -2.41. The van der Waals surface area contributed by atoms with Gasteiger partial charge in [0, 0.05) is 25.3 Å². The zero-order valence-corrected chi connectivity index (χ0v) is 7.80. The molecular weight excluding hydrogens is 136 g/mol. The molecule has 0 aromatic rings. The lowest BCUT2D eigenvalue weighted by Crippen LogP contribution is -2.45. The van der Waals surface area contributed by atoms with Gasteiger partial charge in [0.2, 0.25) is 0 Å². The summed E-state index contributed by atoms with van der Waals surface area (Å²) in [7, 11) is 4.16. The van der Waals surface area contributed by atoms with Gasteiger partial charge in [0.1, 0.15) is 0 Å². The molecule has 0 atom stereocenters. The van der Waals surface area contributed by atoms with Crippen molar-refractivity contribution in [1.82, 2.24) is 9.80 Å². The van der Waals surface area contributed by atoms with Crippen molar-refractivity contribution < 1.29 is 0 Å². The van der Waals surface area contributed by atoms with Gasteiger partial charge in [0.05, 0.1) is 0 Å². The summed E-state index contributed by atoms with van der Waals surface area (Å²) in [5, 5.41) is 0. The Morgan fingerprint density at radius 3 is 2.45 bits per heavy atom. The van der Waals surface area contributed by atoms with Crippen LogP contribution in [0.15, 0.2) is 12.3 Å². The van der Waals surface area contributed by atoms with Gasteiger partial charge >= 0.3 is 0 Å². The van der Waals surface area contributed by atoms with Gasteiger partial charge in [-0.05, 0) is 20.0 Å². The molecule has 0 N–H and O–H groups in total. The lowest BCUT2D eigenvalue weighted by atomic mass is 10.0. The van der Waals surface area contributed by atoms with E-state index in [-0.39, 0.29) is 0 Å². The van der Waals surface area contributed by atoms with Crippen molar-refractivity contribution in [3.63, 3.8) is 0 Å². The molecule has 0 saturated carbocycles. The van der Waals surface area contributed by atoms with Gasteiger partial charge in [-0.25, -0.2) is 0 Å². The summed E-state index contributed by atoms with van der Waals surface area (Å²) >= 11 is 0. The van der Waals surface area contributed by atoms with Crippen LogP contribution in [-0.4, -0.2) is 43.5 Å². The van der Waals surface area contributed by atoms with E-state index in [0.717, 1.165) is 12.5 Å². The highest BCUT2D eigenvalue weighted by Crippen LogP contribution is 2.18. The van der Waals surface area contributed by atoms with E-state index < -0.39 is 0 Å². The summed E-state index contributed by atoms with van der Waals surface area (Å²) < 4.78 is 0. The smallest absolute Gasteiger partial charge is 0.0371 e. The molecule has 0 spiro atoms. The van der Waals surface area contributed by atoms with Gasteiger partial charge in [-0.2, -0.15) is 0 Å². The zero-order valence-electron chi connectivity index (χ0n) is 7.80. The fraction of sp³-hybridized carbons (Fsp3) is 0.778. The Morgan fingerprint density at radius 2 is 2.09 bits per heavy atom. The average molecular weight is 154 g/mol. The van der Waals surface area contributed by atoms with E-state index in [4.69, 9.17) is 0 Å². The van der Waals surface area contributed by atoms with Crippen LogP contribution in [0.5, 0.6) is 0 Å². The van der Waals surface area contributed by atoms with Crippen molar-refractivity contribution in [2.24, 2.45) is 5.92 Å². The van der Waals surface area contributed by atoms with Gasteiger partial charge < -0.3 is 9.80 Å². The predicted octanol–water partition coefficient (Wildman–Crippen LogP) is 1.01. The molecular formula is C9H18N2. The maximum absolute atomic E-state index is 4.04. The van der Waals surface area contributed by atoms with Gasteiger partial charge in [-0.3, -0.25) is 0 Å². The second kappa shape index (κ2) is 3.26. The van der Waals surface area contributed by atoms with Crippen molar-refractivity contribution in [3.8, 4) is 0 Å². The standard InChI is InChI=1S/C9H18N2/c1-8-5-11(6-8)9(2)7-10(3)4/h8H,2,5-7H2,1,3-4H3. The normalized spacial score (nSPS) is 18.7. The maximum Gasteiger partial charge on any atom is 0.0371 e. The molecule has 2 nitrogen and oxygen atoms in total. The van der Waals surface area contributed by atoms with E-state index in [2.05, 4.69) is 37.4 Å². The first-order chi connectivity index (χ1) is 5.09. The minimum absolute atomic E-state index is 0.869. The topological polar surface area (TPSA) is 6.48 Å². The largest absolute Gasteiger partial charge is 0.374 e. The molecule has 0 aromatic heterocycles. The number of rotatable bonds is 3. The van der Waals surface area contributed by atoms with Crippen molar-refractivity contribution in [1.29, 1.82) is 0 Å². The van der Waals surface area contributed by atoms with E-state index >= 15 is 0 Å². The van der Waals surface area contributed by atoms with Crippen LogP contribution in [0.25, 0.3) is 0 Å². The van der Waals surface area contributed by atoms with Crippen LogP contribution in [0, 0.1) is 5.92 Å². The van der Waals surface area contributed by atoms with E-state index in [1.807, 2.05) is 0 Å². The Kier molecular flexibility index (Phi) is 2.55. The Bertz CT molecular complexity index is 146. The molecule has 1 rings (SSSR count). The van der Waals surface area contributed by atoms with Gasteiger partial charge in [-0.15, -0.1) is 0 Å². The molecule has 0 amide bonds. The SMILES string of the molecule is C=C(CN(C)C)N1CC(C)C1. The zero-order chi connectivity index (χ0) is 8.43. The Balaban J connectivity index is 2.21. The van der Waals surface area contributed by atoms with Crippen LogP contribution in [-0.2, 0) is 0 Å². The van der Waals surface area contributed by atoms with Crippen LogP contribution in [0.1, 0.15) is 6.92 Å². The molecule has 1 aliphatic rings. The molecule has 1 aliphatic heterocycles. The van der Waals surface area contributed by atoms with Crippen molar-refractivity contribution in [2.75, 3.05) is 33.7 Å². The highest BCUT2D eigenvalue weighted by molar-refractivity contribution is 5.01. The molecule has 1 heterocycles. The Labute approximate surface area is 69.5 Å². The molecule has 1 saturated heterocycles. The third-order valence-corrected chi connectivity index (χ3v) is 2.01. The van der Waals surface area contributed by atoms with Crippen LogP contribution >= 0.6 is 0 Å². The van der Waals surface area contributed by atoms with Gasteiger partial charge in [-0.1, -0.05) is 13.5 Å². The summed E-state index contributed by atoms with van der Waals surface area (Å²) in [6, 6.07) is 0. The Hall–Kier alpha value is -0.500. The average Bonchev–Trinajstić information content (AvgIpc) is 1.79. The molecule has 2 heteroatoms. The highest BCUT2D eigenvalue weighted by atomic mass is 15.2. The van der Waals surface area contributed by atoms with Gasteiger partial charge in [0.25, 0.3) is 0 Å². The summed E-state index contributed by atoms with van der Waals surface area (Å²) in [6.45, 7) is 9.71. The summed E-state index contributed by atoms with van der Waals surface area (Å²) in [5.41, 5.74) is 1.26. The summed E-state index contributed by atoms with van der Waals surface area (Å²) in [5.74, 6) is 0.869. The van der Waals surface area contributed by atoms with E-state index in [1.54, 1.807) is 0 Å². The molecule has 11 heavy (non-hydrogen) atoms. The molecule has 0 aliphatic carbocycles. The highest BCUT2D eigenvalue weighted by Gasteiger charge is 2.22. The van der Waals surface area contributed by atoms with Crippen molar-refractivity contribution in [3.05, 3.63) is 12.3 Å². The van der Waals surface area contributed by atoms with Crippen LogP contribution in [0.2, 0.25) is 0 Å². The summed E-state index contributed by atoms with van der Waals surface area (Å²) in [6.07, 6.45) is 0.